The molecule has 2 N–H and O–H groups in total. The Morgan fingerprint density at radius 3 is 2.81 bits per heavy atom. The molecule has 1 aliphatic rings. The van der Waals surface area contributed by atoms with Crippen molar-refractivity contribution < 1.29 is 4.74 Å². The zero-order valence-electron chi connectivity index (χ0n) is 18.0. The van der Waals surface area contributed by atoms with Crippen molar-refractivity contribution in [2.45, 2.75) is 32.7 Å². The molecule has 1 aromatic carbocycles. The molecule has 8 nitrogen and oxygen atoms in total. The largest absolute Gasteiger partial charge is 0.376 e. The first-order chi connectivity index (χ1) is 14.7. The highest BCUT2D eigenvalue weighted by Crippen LogP contribution is 2.12. The van der Waals surface area contributed by atoms with Gasteiger partial charge in [-0.25, -0.2) is 0 Å². The number of aromatic nitrogens is 3. The van der Waals surface area contributed by atoms with Crippen LogP contribution in [-0.2, 0) is 24.4 Å². The molecule has 1 aliphatic heterocycles. The monoisotopic (exact) mass is 535 g/mol. The van der Waals surface area contributed by atoms with Crippen LogP contribution in [0.2, 0.25) is 0 Å². The Labute approximate surface area is 200 Å². The maximum atomic E-state index is 5.64. The highest BCUT2D eigenvalue weighted by molar-refractivity contribution is 14.0. The molecule has 3 aromatic rings. The van der Waals surface area contributed by atoms with Crippen molar-refractivity contribution in [1.29, 1.82) is 0 Å². The first kappa shape index (κ1) is 23.4. The van der Waals surface area contributed by atoms with E-state index in [9.17, 15) is 0 Å². The zero-order chi connectivity index (χ0) is 20.8. The summed E-state index contributed by atoms with van der Waals surface area (Å²) in [5, 5.41) is 15.1. The summed E-state index contributed by atoms with van der Waals surface area (Å²) in [7, 11) is 1.77. The number of morpholine rings is 1. The molecule has 1 fully saturated rings. The van der Waals surface area contributed by atoms with Crippen LogP contribution in [0.3, 0.4) is 0 Å². The van der Waals surface area contributed by atoms with Gasteiger partial charge in [0.2, 0.25) is 0 Å². The Kier molecular flexibility index (Phi) is 8.61. The summed E-state index contributed by atoms with van der Waals surface area (Å²) >= 11 is 0. The van der Waals surface area contributed by atoms with E-state index in [0.29, 0.717) is 19.2 Å². The summed E-state index contributed by atoms with van der Waals surface area (Å²) in [4.78, 5) is 6.77. The second kappa shape index (κ2) is 11.4. The van der Waals surface area contributed by atoms with Crippen molar-refractivity contribution >= 4 is 35.6 Å². The first-order valence-corrected chi connectivity index (χ1v) is 10.4. The second-order valence-electron chi connectivity index (χ2n) is 7.56. The van der Waals surface area contributed by atoms with Crippen molar-refractivity contribution in [3.8, 4) is 0 Å². The maximum absolute atomic E-state index is 5.64. The molecule has 0 radical (unpaired) electrons. The van der Waals surface area contributed by atoms with Gasteiger partial charge in [-0.2, -0.15) is 0 Å². The van der Waals surface area contributed by atoms with Crippen molar-refractivity contribution in [3.63, 3.8) is 0 Å². The van der Waals surface area contributed by atoms with E-state index in [1.165, 1.54) is 11.1 Å². The molecular formula is C22H30IN7O. The maximum Gasteiger partial charge on any atom is 0.191 e. The highest BCUT2D eigenvalue weighted by Gasteiger charge is 2.16. The van der Waals surface area contributed by atoms with Gasteiger partial charge in [0.05, 0.1) is 19.3 Å². The number of benzene rings is 1. The number of halogens is 1. The van der Waals surface area contributed by atoms with E-state index in [-0.39, 0.29) is 24.0 Å². The first-order valence-electron chi connectivity index (χ1n) is 10.4. The minimum Gasteiger partial charge on any atom is -0.376 e. The van der Waals surface area contributed by atoms with Crippen LogP contribution in [0.4, 0.5) is 0 Å². The van der Waals surface area contributed by atoms with E-state index in [2.05, 4.69) is 61.9 Å². The number of nitrogens with one attached hydrogen (secondary N) is 2. The molecule has 166 valence electrons. The predicted molar refractivity (Wildman–Crippen MR) is 133 cm³/mol. The highest BCUT2D eigenvalue weighted by atomic mass is 127. The summed E-state index contributed by atoms with van der Waals surface area (Å²) in [6.45, 7) is 7.11. The molecule has 0 bridgehead atoms. The van der Waals surface area contributed by atoms with Crippen LogP contribution in [0.1, 0.15) is 23.9 Å². The van der Waals surface area contributed by atoms with Gasteiger partial charge in [0.15, 0.2) is 17.4 Å². The summed E-state index contributed by atoms with van der Waals surface area (Å²) < 4.78 is 7.61. The van der Waals surface area contributed by atoms with Gasteiger partial charge in [-0.05, 0) is 30.2 Å². The van der Waals surface area contributed by atoms with Gasteiger partial charge in [0.25, 0.3) is 0 Å². The van der Waals surface area contributed by atoms with E-state index in [1.54, 1.807) is 7.05 Å². The summed E-state index contributed by atoms with van der Waals surface area (Å²) in [5.41, 5.74) is 3.38. The summed E-state index contributed by atoms with van der Waals surface area (Å²) in [5.74, 6) is 1.57. The number of pyridine rings is 1. The van der Waals surface area contributed by atoms with Crippen molar-refractivity contribution in [3.05, 3.63) is 65.6 Å². The van der Waals surface area contributed by atoms with Crippen molar-refractivity contribution in [2.24, 2.45) is 4.99 Å². The topological polar surface area (TPSA) is 79.1 Å². The number of ether oxygens (including phenoxy) is 1. The molecule has 0 amide bonds. The lowest BCUT2D eigenvalue weighted by Gasteiger charge is -2.31. The fourth-order valence-electron chi connectivity index (χ4n) is 3.71. The van der Waals surface area contributed by atoms with Gasteiger partial charge >= 0.3 is 0 Å². The van der Waals surface area contributed by atoms with Crippen LogP contribution >= 0.6 is 24.0 Å². The smallest absolute Gasteiger partial charge is 0.191 e. The molecule has 1 atom stereocenters. The molecule has 4 rings (SSSR count). The third-order valence-electron chi connectivity index (χ3n) is 5.20. The number of fused-ring (bicyclic) bond motifs is 1. The average molecular weight is 535 g/mol. The normalized spacial score (nSPS) is 17.4. The molecule has 9 heteroatoms. The van der Waals surface area contributed by atoms with E-state index in [4.69, 9.17) is 4.74 Å². The molecule has 1 unspecified atom stereocenters. The average Bonchev–Trinajstić information content (AvgIpc) is 3.17. The molecule has 0 aliphatic carbocycles. The number of aliphatic imine (C=N–C) groups is 1. The van der Waals surface area contributed by atoms with Gasteiger partial charge in [-0.1, -0.05) is 30.3 Å². The number of guanidine groups is 1. The molecular weight excluding hydrogens is 505 g/mol. The number of hydrogen-bond acceptors (Lipinski definition) is 5. The zero-order valence-corrected chi connectivity index (χ0v) is 20.3. The Bertz CT molecular complexity index is 1010. The molecule has 1 saturated heterocycles. The van der Waals surface area contributed by atoms with Crippen molar-refractivity contribution in [2.75, 3.05) is 26.7 Å². The summed E-state index contributed by atoms with van der Waals surface area (Å²) in [6, 6.07) is 14.6. The van der Waals surface area contributed by atoms with Crippen LogP contribution in [0.25, 0.3) is 5.65 Å². The predicted octanol–water partition coefficient (Wildman–Crippen LogP) is 2.43. The fourth-order valence-corrected chi connectivity index (χ4v) is 3.71. The number of hydrogen-bond donors (Lipinski definition) is 2. The van der Waals surface area contributed by atoms with E-state index in [1.807, 2.05) is 28.8 Å². The minimum atomic E-state index is 0. The van der Waals surface area contributed by atoms with Crippen LogP contribution in [0.5, 0.6) is 0 Å². The Hall–Kier alpha value is -2.24. The van der Waals surface area contributed by atoms with Gasteiger partial charge in [0.1, 0.15) is 0 Å². The third-order valence-corrected chi connectivity index (χ3v) is 5.20. The Morgan fingerprint density at radius 1 is 1.13 bits per heavy atom. The SMILES string of the molecule is CN=C(NCc1cccc(CN2CCOC(C)C2)c1)NCc1nnc2ccccn12.I. The lowest BCUT2D eigenvalue weighted by atomic mass is 10.1. The van der Waals surface area contributed by atoms with Crippen LogP contribution in [-0.4, -0.2) is 58.3 Å². The van der Waals surface area contributed by atoms with Gasteiger partial charge in [-0.15, -0.1) is 34.2 Å². The van der Waals surface area contributed by atoms with Crippen LogP contribution in [0.15, 0.2) is 53.7 Å². The molecule has 2 aromatic heterocycles. The molecule has 0 saturated carbocycles. The number of nitrogens with zero attached hydrogens (tertiary/aromatic N) is 5. The standard InChI is InChI=1S/C22H29N7O.HI/c1-17-15-28(10-11-30-17)16-19-7-5-6-18(12-19)13-24-22(23-2)25-14-21-27-26-20-8-3-4-9-29(20)21;/h3-9,12,17H,10-11,13-16H2,1-2H3,(H2,23,24,25);1H. The number of rotatable bonds is 6. The Morgan fingerprint density at radius 2 is 1.97 bits per heavy atom. The van der Waals surface area contributed by atoms with Crippen LogP contribution < -0.4 is 10.6 Å². The van der Waals surface area contributed by atoms with E-state index >= 15 is 0 Å². The Balaban J connectivity index is 0.00000272. The lowest BCUT2D eigenvalue weighted by Crippen LogP contribution is -2.40. The van der Waals surface area contributed by atoms with Gasteiger partial charge in [0, 0.05) is 39.4 Å². The summed E-state index contributed by atoms with van der Waals surface area (Å²) in [6.07, 6.45) is 2.27. The third kappa shape index (κ3) is 6.37. The van der Waals surface area contributed by atoms with Gasteiger partial charge in [-0.3, -0.25) is 14.3 Å². The van der Waals surface area contributed by atoms with E-state index < -0.39 is 0 Å². The molecule has 0 spiro atoms. The minimum absolute atomic E-state index is 0. The second-order valence-corrected chi connectivity index (χ2v) is 7.56. The van der Waals surface area contributed by atoms with E-state index in [0.717, 1.165) is 43.7 Å². The molecule has 31 heavy (non-hydrogen) atoms. The quantitative estimate of drug-likeness (QED) is 0.287. The van der Waals surface area contributed by atoms with Crippen LogP contribution in [0, 0.1) is 0 Å². The van der Waals surface area contributed by atoms with Gasteiger partial charge < -0.3 is 15.4 Å². The van der Waals surface area contributed by atoms with Crippen molar-refractivity contribution in [1.82, 2.24) is 30.1 Å². The molecule has 3 heterocycles. The fraction of sp³-hybridized carbons (Fsp3) is 0.409. The lowest BCUT2D eigenvalue weighted by molar-refractivity contribution is -0.0212.